The van der Waals surface area contributed by atoms with Crippen molar-refractivity contribution in [3.63, 3.8) is 0 Å². The fraction of sp³-hybridized carbons (Fsp3) is 0.636. The molecule has 82 valence electrons. The van der Waals surface area contributed by atoms with Crippen molar-refractivity contribution >= 4 is 11.6 Å². The van der Waals surface area contributed by atoms with Gasteiger partial charge in [-0.15, -0.1) is 0 Å². The molecule has 0 amide bonds. The van der Waals surface area contributed by atoms with Gasteiger partial charge in [-0.1, -0.05) is 13.8 Å². The monoisotopic (exact) mass is 226 g/mol. The molecule has 0 spiro atoms. The minimum atomic E-state index is 0.118. The van der Waals surface area contributed by atoms with E-state index >= 15 is 0 Å². The summed E-state index contributed by atoms with van der Waals surface area (Å²) in [7, 11) is 0. The summed E-state index contributed by atoms with van der Waals surface area (Å²) in [5, 5.41) is 12.5. The molecule has 1 aliphatic rings. The van der Waals surface area contributed by atoms with E-state index in [0.717, 1.165) is 41.7 Å². The van der Waals surface area contributed by atoms with Gasteiger partial charge >= 0.3 is 5.82 Å². The summed E-state index contributed by atoms with van der Waals surface area (Å²) in [5.41, 5.74) is 1.80. The average molecular weight is 227 g/mol. The molecule has 15 heavy (non-hydrogen) atoms. The lowest BCUT2D eigenvalue weighted by Gasteiger charge is -2.20. The van der Waals surface area contributed by atoms with E-state index in [4.69, 9.17) is 11.6 Å². The van der Waals surface area contributed by atoms with Crippen molar-refractivity contribution in [2.45, 2.75) is 45.4 Å². The molecule has 1 aliphatic carbocycles. The second-order valence-corrected chi connectivity index (χ2v) is 4.70. The molecular weight excluding hydrogens is 212 g/mol. The van der Waals surface area contributed by atoms with Crippen LogP contribution in [0.2, 0.25) is 5.15 Å². The Morgan fingerprint density at radius 1 is 1.33 bits per heavy atom. The fourth-order valence-electron chi connectivity index (χ4n) is 2.05. The quantitative estimate of drug-likeness (QED) is 0.419. The minimum absolute atomic E-state index is 0.118. The van der Waals surface area contributed by atoms with Crippen LogP contribution in [0, 0.1) is 5.21 Å². The Morgan fingerprint density at radius 2 is 2.00 bits per heavy atom. The SMILES string of the molecule is CC(C)c1nc(Cl)c2c([n+]1[O-])CCCC2. The maximum atomic E-state index is 12.0. The number of nitrogens with zero attached hydrogens (tertiary/aromatic N) is 2. The van der Waals surface area contributed by atoms with Gasteiger partial charge in [0.05, 0.1) is 11.5 Å². The summed E-state index contributed by atoms with van der Waals surface area (Å²) < 4.78 is 0.991. The van der Waals surface area contributed by atoms with E-state index in [1.165, 1.54) is 0 Å². The van der Waals surface area contributed by atoms with Gasteiger partial charge in [0.25, 0.3) is 0 Å². The number of hydrogen-bond acceptors (Lipinski definition) is 2. The van der Waals surface area contributed by atoms with E-state index < -0.39 is 0 Å². The van der Waals surface area contributed by atoms with Crippen molar-refractivity contribution < 1.29 is 4.73 Å². The smallest absolute Gasteiger partial charge is 0.305 e. The summed E-state index contributed by atoms with van der Waals surface area (Å²) in [6, 6.07) is 0. The highest BCUT2D eigenvalue weighted by Gasteiger charge is 2.26. The van der Waals surface area contributed by atoms with Gasteiger partial charge in [0, 0.05) is 6.42 Å². The molecule has 0 unspecified atom stereocenters. The van der Waals surface area contributed by atoms with Crippen LogP contribution in [-0.4, -0.2) is 4.98 Å². The van der Waals surface area contributed by atoms with Crippen molar-refractivity contribution in [1.29, 1.82) is 0 Å². The van der Waals surface area contributed by atoms with Crippen LogP contribution in [0.1, 0.15) is 49.7 Å². The number of halogens is 1. The third-order valence-corrected chi connectivity index (χ3v) is 3.18. The van der Waals surface area contributed by atoms with Gasteiger partial charge in [0.1, 0.15) is 5.69 Å². The first-order valence-corrected chi connectivity index (χ1v) is 5.79. The van der Waals surface area contributed by atoms with Gasteiger partial charge in [-0.3, -0.25) is 0 Å². The highest BCUT2D eigenvalue weighted by atomic mass is 35.5. The molecule has 3 nitrogen and oxygen atoms in total. The predicted octanol–water partition coefficient (Wildman–Crippen LogP) is 2.37. The topological polar surface area (TPSA) is 39.8 Å². The highest BCUT2D eigenvalue weighted by molar-refractivity contribution is 6.30. The molecule has 0 saturated carbocycles. The Kier molecular flexibility index (Phi) is 2.83. The predicted molar refractivity (Wildman–Crippen MR) is 58.9 cm³/mol. The summed E-state index contributed by atoms with van der Waals surface area (Å²) in [4.78, 5) is 4.20. The van der Waals surface area contributed by atoms with Crippen molar-refractivity contribution in [1.82, 2.24) is 4.98 Å². The minimum Gasteiger partial charge on any atom is -0.711 e. The van der Waals surface area contributed by atoms with Crippen LogP contribution in [-0.2, 0) is 12.8 Å². The number of aromatic nitrogens is 2. The van der Waals surface area contributed by atoms with Crippen LogP contribution in [0.3, 0.4) is 0 Å². The lowest BCUT2D eigenvalue weighted by atomic mass is 9.97. The molecule has 4 heteroatoms. The van der Waals surface area contributed by atoms with Crippen LogP contribution in [0.5, 0.6) is 0 Å². The lowest BCUT2D eigenvalue weighted by molar-refractivity contribution is -0.628. The second-order valence-electron chi connectivity index (χ2n) is 4.34. The Balaban J connectivity index is 2.59. The van der Waals surface area contributed by atoms with Gasteiger partial charge in [-0.2, -0.15) is 0 Å². The number of fused-ring (bicyclic) bond motifs is 1. The molecular formula is C11H15ClN2O. The maximum Gasteiger partial charge on any atom is 0.305 e. The number of hydrogen-bond donors (Lipinski definition) is 0. The van der Waals surface area contributed by atoms with Crippen LogP contribution >= 0.6 is 11.6 Å². The van der Waals surface area contributed by atoms with Crippen LogP contribution < -0.4 is 4.73 Å². The molecule has 0 radical (unpaired) electrons. The summed E-state index contributed by atoms with van der Waals surface area (Å²) >= 11 is 6.10. The van der Waals surface area contributed by atoms with E-state index in [1.54, 1.807) is 0 Å². The van der Waals surface area contributed by atoms with Gasteiger partial charge in [0.15, 0.2) is 0 Å². The molecule has 0 atom stereocenters. The normalized spacial score (nSPS) is 15.5. The zero-order valence-electron chi connectivity index (χ0n) is 9.09. The van der Waals surface area contributed by atoms with Crippen molar-refractivity contribution in [2.24, 2.45) is 0 Å². The molecule has 0 fully saturated rings. The standard InChI is InChI=1S/C11H15ClN2O/c1-7(2)11-13-10(12)8-5-3-4-6-9(8)14(11)15/h7H,3-6H2,1-2H3. The van der Waals surface area contributed by atoms with E-state index in [1.807, 2.05) is 13.8 Å². The third kappa shape index (κ3) is 1.81. The first-order valence-electron chi connectivity index (χ1n) is 5.42. The fourth-order valence-corrected chi connectivity index (χ4v) is 2.34. The van der Waals surface area contributed by atoms with Gasteiger partial charge in [-0.05, 0) is 35.8 Å². The average Bonchev–Trinajstić information content (AvgIpc) is 2.23. The summed E-state index contributed by atoms with van der Waals surface area (Å²) in [5.74, 6) is 0.660. The maximum absolute atomic E-state index is 12.0. The van der Waals surface area contributed by atoms with E-state index in [-0.39, 0.29) is 5.92 Å². The van der Waals surface area contributed by atoms with E-state index in [9.17, 15) is 5.21 Å². The molecule has 2 rings (SSSR count). The van der Waals surface area contributed by atoms with Gasteiger partial charge in [0.2, 0.25) is 5.15 Å². The largest absolute Gasteiger partial charge is 0.711 e. The van der Waals surface area contributed by atoms with Crippen molar-refractivity contribution in [2.75, 3.05) is 0 Å². The molecule has 0 bridgehead atoms. The highest BCUT2D eigenvalue weighted by Crippen LogP contribution is 2.25. The molecule has 0 aliphatic heterocycles. The van der Waals surface area contributed by atoms with Crippen LogP contribution in [0.15, 0.2) is 0 Å². The molecule has 1 aromatic rings. The Bertz CT molecular complexity index is 391. The Labute approximate surface area is 94.7 Å². The second kappa shape index (κ2) is 3.97. The lowest BCUT2D eigenvalue weighted by Crippen LogP contribution is -2.41. The third-order valence-electron chi connectivity index (χ3n) is 2.87. The van der Waals surface area contributed by atoms with Crippen LogP contribution in [0.4, 0.5) is 0 Å². The summed E-state index contributed by atoms with van der Waals surface area (Å²) in [6.45, 7) is 3.92. The number of rotatable bonds is 1. The van der Waals surface area contributed by atoms with Crippen molar-refractivity contribution in [3.8, 4) is 0 Å². The summed E-state index contributed by atoms with van der Waals surface area (Å²) in [6.07, 6.45) is 3.91. The zero-order chi connectivity index (χ0) is 11.0. The molecule has 0 aromatic carbocycles. The van der Waals surface area contributed by atoms with E-state index in [2.05, 4.69) is 4.98 Å². The Morgan fingerprint density at radius 3 is 2.67 bits per heavy atom. The van der Waals surface area contributed by atoms with Crippen LogP contribution in [0.25, 0.3) is 0 Å². The molecule has 0 saturated heterocycles. The molecule has 1 aromatic heterocycles. The van der Waals surface area contributed by atoms with Gasteiger partial charge < -0.3 is 5.21 Å². The van der Waals surface area contributed by atoms with Crippen molar-refractivity contribution in [3.05, 3.63) is 27.4 Å². The van der Waals surface area contributed by atoms with E-state index in [0.29, 0.717) is 11.0 Å². The first kappa shape index (κ1) is 10.7. The molecule has 1 heterocycles. The Hall–Kier alpha value is -0.830. The zero-order valence-corrected chi connectivity index (χ0v) is 9.84. The first-order chi connectivity index (χ1) is 7.11. The van der Waals surface area contributed by atoms with Gasteiger partial charge in [-0.25, -0.2) is 4.73 Å². The molecule has 0 N–H and O–H groups in total.